The Bertz CT molecular complexity index is 472. The molecule has 1 aliphatic heterocycles. The largest absolute Gasteiger partial charge is 0.329 e. The molecule has 1 saturated heterocycles. The Balaban J connectivity index is 2.15. The molecule has 0 aliphatic carbocycles. The van der Waals surface area contributed by atoms with Gasteiger partial charge in [0.15, 0.2) is 17.5 Å². The second-order valence-corrected chi connectivity index (χ2v) is 5.77. The van der Waals surface area contributed by atoms with Crippen molar-refractivity contribution in [2.24, 2.45) is 5.73 Å². The average Bonchev–Trinajstić information content (AvgIpc) is 2.82. The summed E-state index contributed by atoms with van der Waals surface area (Å²) in [4.78, 5) is 4.26. The van der Waals surface area contributed by atoms with Crippen LogP contribution in [0, 0.1) is 17.5 Å². The van der Waals surface area contributed by atoms with Crippen LogP contribution >= 0.6 is 0 Å². The maximum atomic E-state index is 13.4. The van der Waals surface area contributed by atoms with Gasteiger partial charge >= 0.3 is 0 Å². The van der Waals surface area contributed by atoms with Crippen LogP contribution in [-0.2, 0) is 0 Å². The molecule has 2 atom stereocenters. The predicted molar refractivity (Wildman–Crippen MR) is 76.4 cm³/mol. The minimum absolute atomic E-state index is 0.220. The number of likely N-dealkylation sites (tertiary alicyclic amines) is 1. The number of rotatable bonds is 5. The van der Waals surface area contributed by atoms with Gasteiger partial charge in [-0.25, -0.2) is 13.2 Å². The van der Waals surface area contributed by atoms with Gasteiger partial charge in [-0.1, -0.05) is 0 Å². The first-order valence-electron chi connectivity index (χ1n) is 7.19. The normalized spacial score (nSPS) is 21.2. The Morgan fingerprint density at radius 1 is 1.33 bits per heavy atom. The number of hydrogen-bond acceptors (Lipinski definition) is 3. The molecule has 1 aromatic carbocycles. The Hall–Kier alpha value is -1.11. The molecule has 0 bridgehead atoms. The molecule has 1 heterocycles. The number of likely N-dealkylation sites (N-methyl/N-ethyl adjacent to an activating group) is 2. The van der Waals surface area contributed by atoms with Crippen molar-refractivity contribution in [3.8, 4) is 0 Å². The second-order valence-electron chi connectivity index (χ2n) is 5.77. The quantitative estimate of drug-likeness (QED) is 0.846. The van der Waals surface area contributed by atoms with Crippen LogP contribution in [0.4, 0.5) is 13.2 Å². The van der Waals surface area contributed by atoms with Gasteiger partial charge in [0.2, 0.25) is 0 Å². The lowest BCUT2D eigenvalue weighted by Crippen LogP contribution is -2.40. The zero-order chi connectivity index (χ0) is 15.6. The maximum Gasteiger partial charge on any atom is 0.194 e. The van der Waals surface area contributed by atoms with Crippen molar-refractivity contribution in [3.05, 3.63) is 35.1 Å². The van der Waals surface area contributed by atoms with Gasteiger partial charge in [-0.05, 0) is 51.2 Å². The van der Waals surface area contributed by atoms with E-state index < -0.39 is 17.5 Å². The molecule has 0 saturated carbocycles. The molecule has 1 fully saturated rings. The summed E-state index contributed by atoms with van der Waals surface area (Å²) >= 11 is 0. The summed E-state index contributed by atoms with van der Waals surface area (Å²) in [5, 5.41) is 0. The molecule has 6 heteroatoms. The van der Waals surface area contributed by atoms with Crippen molar-refractivity contribution in [3.63, 3.8) is 0 Å². The highest BCUT2D eigenvalue weighted by atomic mass is 19.2. The van der Waals surface area contributed by atoms with E-state index in [1.807, 2.05) is 11.9 Å². The third-order valence-corrected chi connectivity index (χ3v) is 4.32. The van der Waals surface area contributed by atoms with Crippen molar-refractivity contribution < 1.29 is 13.2 Å². The Morgan fingerprint density at radius 3 is 2.43 bits per heavy atom. The van der Waals surface area contributed by atoms with Gasteiger partial charge < -0.3 is 10.6 Å². The van der Waals surface area contributed by atoms with Crippen LogP contribution in [0.25, 0.3) is 0 Å². The lowest BCUT2D eigenvalue weighted by Gasteiger charge is -2.32. The predicted octanol–water partition coefficient (Wildman–Crippen LogP) is 2.13. The molecule has 0 spiro atoms. The van der Waals surface area contributed by atoms with Crippen LogP contribution in [0.5, 0.6) is 0 Å². The summed E-state index contributed by atoms with van der Waals surface area (Å²) in [5.41, 5.74) is 6.13. The van der Waals surface area contributed by atoms with Crippen LogP contribution in [0.15, 0.2) is 12.1 Å². The van der Waals surface area contributed by atoms with Crippen LogP contribution in [0.1, 0.15) is 24.4 Å². The van der Waals surface area contributed by atoms with E-state index in [2.05, 4.69) is 11.9 Å². The van der Waals surface area contributed by atoms with E-state index in [0.717, 1.165) is 38.1 Å². The molecule has 118 valence electrons. The molecule has 1 aliphatic rings. The van der Waals surface area contributed by atoms with Crippen LogP contribution < -0.4 is 5.73 Å². The first kappa shape index (κ1) is 16.3. The zero-order valence-corrected chi connectivity index (χ0v) is 12.5. The monoisotopic (exact) mass is 301 g/mol. The fraction of sp³-hybridized carbons (Fsp3) is 0.600. The zero-order valence-electron chi connectivity index (χ0n) is 12.5. The van der Waals surface area contributed by atoms with Crippen molar-refractivity contribution >= 4 is 0 Å². The van der Waals surface area contributed by atoms with Gasteiger partial charge in [0.1, 0.15) is 0 Å². The summed E-state index contributed by atoms with van der Waals surface area (Å²) in [7, 11) is 3.95. The van der Waals surface area contributed by atoms with Gasteiger partial charge in [0, 0.05) is 25.2 Å². The first-order chi connectivity index (χ1) is 9.93. The highest BCUT2D eigenvalue weighted by Crippen LogP contribution is 2.25. The Labute approximate surface area is 123 Å². The standard InChI is InChI=1S/C15H22F3N3/c1-20-5-3-4-11(20)9-21(2)14(8-19)10-6-12(16)15(18)13(17)7-10/h6-7,11,14H,3-5,8-9,19H2,1-2H3. The minimum Gasteiger partial charge on any atom is -0.329 e. The fourth-order valence-corrected chi connectivity index (χ4v) is 3.01. The van der Waals surface area contributed by atoms with Crippen molar-refractivity contribution in [1.82, 2.24) is 9.80 Å². The van der Waals surface area contributed by atoms with Crippen molar-refractivity contribution in [2.75, 3.05) is 33.7 Å². The average molecular weight is 301 g/mol. The number of hydrogen-bond donors (Lipinski definition) is 1. The number of halogens is 3. The number of nitrogens with two attached hydrogens (primary N) is 1. The minimum atomic E-state index is -1.44. The smallest absolute Gasteiger partial charge is 0.194 e. The van der Waals surface area contributed by atoms with Gasteiger partial charge in [-0.15, -0.1) is 0 Å². The van der Waals surface area contributed by atoms with E-state index in [9.17, 15) is 13.2 Å². The van der Waals surface area contributed by atoms with E-state index in [0.29, 0.717) is 11.6 Å². The molecule has 2 N–H and O–H groups in total. The third-order valence-electron chi connectivity index (χ3n) is 4.32. The van der Waals surface area contributed by atoms with E-state index in [-0.39, 0.29) is 12.6 Å². The lowest BCUT2D eigenvalue weighted by molar-refractivity contribution is 0.179. The lowest BCUT2D eigenvalue weighted by atomic mass is 10.0. The molecule has 0 amide bonds. The van der Waals surface area contributed by atoms with Gasteiger partial charge in [0.25, 0.3) is 0 Å². The highest BCUT2D eigenvalue weighted by molar-refractivity contribution is 5.23. The van der Waals surface area contributed by atoms with Gasteiger partial charge in [-0.2, -0.15) is 0 Å². The molecular weight excluding hydrogens is 279 g/mol. The van der Waals surface area contributed by atoms with Gasteiger partial charge in [0.05, 0.1) is 0 Å². The molecule has 21 heavy (non-hydrogen) atoms. The SMILES string of the molecule is CN1CCCC1CN(C)C(CN)c1cc(F)c(F)c(F)c1. The van der Waals surface area contributed by atoms with E-state index in [1.54, 1.807) is 0 Å². The van der Waals surface area contributed by atoms with E-state index in [1.165, 1.54) is 0 Å². The molecule has 0 aromatic heterocycles. The maximum absolute atomic E-state index is 13.4. The molecule has 0 radical (unpaired) electrons. The van der Waals surface area contributed by atoms with Crippen molar-refractivity contribution in [1.29, 1.82) is 0 Å². The van der Waals surface area contributed by atoms with Crippen molar-refractivity contribution in [2.45, 2.75) is 24.9 Å². The Kier molecular flexibility index (Phi) is 5.24. The molecular formula is C15H22F3N3. The molecule has 1 aromatic rings. The topological polar surface area (TPSA) is 32.5 Å². The van der Waals surface area contributed by atoms with Crippen LogP contribution in [0.3, 0.4) is 0 Å². The summed E-state index contributed by atoms with van der Waals surface area (Å²) < 4.78 is 39.8. The van der Waals surface area contributed by atoms with Crippen LogP contribution in [0.2, 0.25) is 0 Å². The number of nitrogens with zero attached hydrogens (tertiary/aromatic N) is 2. The summed E-state index contributed by atoms with van der Waals surface area (Å²) in [6.45, 7) is 2.04. The molecule has 3 nitrogen and oxygen atoms in total. The van der Waals surface area contributed by atoms with Crippen LogP contribution in [-0.4, -0.2) is 49.6 Å². The van der Waals surface area contributed by atoms with Gasteiger partial charge in [-0.3, -0.25) is 4.90 Å². The summed E-state index contributed by atoms with van der Waals surface area (Å²) in [6.07, 6.45) is 2.26. The third kappa shape index (κ3) is 3.56. The van der Waals surface area contributed by atoms with E-state index >= 15 is 0 Å². The van der Waals surface area contributed by atoms with E-state index in [4.69, 9.17) is 5.73 Å². The highest BCUT2D eigenvalue weighted by Gasteiger charge is 2.26. The summed E-state index contributed by atoms with van der Waals surface area (Å²) in [5.74, 6) is -3.78. The molecule has 2 rings (SSSR count). The second kappa shape index (κ2) is 6.77. The summed E-state index contributed by atoms with van der Waals surface area (Å²) in [6, 6.07) is 2.15. The number of benzene rings is 1. The fourth-order valence-electron chi connectivity index (χ4n) is 3.01. The first-order valence-corrected chi connectivity index (χ1v) is 7.19. The molecule has 2 unspecified atom stereocenters. The Morgan fingerprint density at radius 2 is 1.95 bits per heavy atom.